The van der Waals surface area contributed by atoms with E-state index in [4.69, 9.17) is 4.74 Å². The molecular formula is C23H41IN6O2. The fraction of sp³-hybridized carbons (Fsp3) is 0.696. The molecule has 1 aliphatic rings. The van der Waals surface area contributed by atoms with Crippen molar-refractivity contribution in [3.05, 3.63) is 23.9 Å². The number of nitrogens with zero attached hydrogens (tertiary/aromatic N) is 4. The van der Waals surface area contributed by atoms with Crippen molar-refractivity contribution in [1.29, 1.82) is 0 Å². The van der Waals surface area contributed by atoms with Crippen LogP contribution in [0.5, 0.6) is 0 Å². The zero-order valence-corrected chi connectivity index (χ0v) is 23.0. The Labute approximate surface area is 210 Å². The summed E-state index contributed by atoms with van der Waals surface area (Å²) >= 11 is 0. The van der Waals surface area contributed by atoms with Crippen molar-refractivity contribution < 1.29 is 9.53 Å². The second kappa shape index (κ2) is 13.1. The quantitative estimate of drug-likeness (QED) is 0.314. The molecule has 1 saturated heterocycles. The van der Waals surface area contributed by atoms with E-state index in [9.17, 15) is 4.79 Å². The van der Waals surface area contributed by atoms with E-state index in [-0.39, 0.29) is 36.0 Å². The van der Waals surface area contributed by atoms with Crippen LogP contribution in [0.4, 0.5) is 10.6 Å². The van der Waals surface area contributed by atoms with Crippen molar-refractivity contribution in [1.82, 2.24) is 20.5 Å². The molecule has 1 aromatic heterocycles. The smallest absolute Gasteiger partial charge is 0.410 e. The van der Waals surface area contributed by atoms with Gasteiger partial charge in [0.1, 0.15) is 11.4 Å². The summed E-state index contributed by atoms with van der Waals surface area (Å²) in [5.41, 5.74) is 0.567. The Bertz CT molecular complexity index is 744. The number of hydrogen-bond acceptors (Lipinski definition) is 5. The molecule has 1 fully saturated rings. The molecule has 1 atom stereocenters. The number of rotatable bonds is 6. The molecule has 0 radical (unpaired) electrons. The fourth-order valence-corrected chi connectivity index (χ4v) is 3.56. The van der Waals surface area contributed by atoms with E-state index in [0.717, 1.165) is 49.9 Å². The van der Waals surface area contributed by atoms with Crippen molar-refractivity contribution in [2.75, 3.05) is 45.2 Å². The first-order chi connectivity index (χ1) is 14.6. The molecule has 1 unspecified atom stereocenters. The van der Waals surface area contributed by atoms with Gasteiger partial charge in [-0.2, -0.15) is 0 Å². The molecule has 0 bridgehead atoms. The maximum absolute atomic E-state index is 12.1. The average molecular weight is 561 g/mol. The van der Waals surface area contributed by atoms with Crippen molar-refractivity contribution in [3.8, 4) is 0 Å². The molecule has 1 amide bonds. The summed E-state index contributed by atoms with van der Waals surface area (Å²) in [6, 6.07) is 6.55. The highest BCUT2D eigenvalue weighted by molar-refractivity contribution is 14.0. The predicted octanol–water partition coefficient (Wildman–Crippen LogP) is 3.64. The lowest BCUT2D eigenvalue weighted by atomic mass is 10.1. The lowest BCUT2D eigenvalue weighted by Gasteiger charge is -2.34. The molecule has 182 valence electrons. The molecule has 9 heteroatoms. The van der Waals surface area contributed by atoms with Crippen LogP contribution in [-0.2, 0) is 4.74 Å². The van der Waals surface area contributed by atoms with E-state index < -0.39 is 5.60 Å². The first kappa shape index (κ1) is 28.3. The maximum Gasteiger partial charge on any atom is 0.410 e. The highest BCUT2D eigenvalue weighted by Crippen LogP contribution is 2.18. The van der Waals surface area contributed by atoms with Gasteiger partial charge in [0.2, 0.25) is 0 Å². The Morgan fingerprint density at radius 1 is 1.34 bits per heavy atom. The highest BCUT2D eigenvalue weighted by Gasteiger charge is 2.22. The summed E-state index contributed by atoms with van der Waals surface area (Å²) in [5.74, 6) is 2.12. The number of anilines is 1. The number of nitrogens with one attached hydrogen (secondary N) is 2. The summed E-state index contributed by atoms with van der Waals surface area (Å²) in [7, 11) is 3.56. The van der Waals surface area contributed by atoms with Gasteiger partial charge >= 0.3 is 6.09 Å². The van der Waals surface area contributed by atoms with Crippen LogP contribution in [0.1, 0.15) is 46.2 Å². The van der Waals surface area contributed by atoms with Crippen LogP contribution in [0.25, 0.3) is 0 Å². The van der Waals surface area contributed by atoms with Crippen molar-refractivity contribution in [2.45, 2.75) is 59.1 Å². The van der Waals surface area contributed by atoms with Crippen LogP contribution in [-0.4, -0.2) is 73.9 Å². The number of piperidine rings is 1. The maximum atomic E-state index is 12.1. The number of guanidine groups is 1. The van der Waals surface area contributed by atoms with Crippen molar-refractivity contribution in [2.24, 2.45) is 10.9 Å². The van der Waals surface area contributed by atoms with Gasteiger partial charge in [0.25, 0.3) is 0 Å². The Morgan fingerprint density at radius 2 is 2.00 bits per heavy atom. The summed E-state index contributed by atoms with van der Waals surface area (Å²) in [4.78, 5) is 25.1. The van der Waals surface area contributed by atoms with Crippen LogP contribution < -0.4 is 15.5 Å². The predicted molar refractivity (Wildman–Crippen MR) is 142 cm³/mol. The van der Waals surface area contributed by atoms with E-state index in [1.165, 1.54) is 0 Å². The number of halogens is 1. The molecule has 0 saturated carbocycles. The minimum atomic E-state index is -0.482. The summed E-state index contributed by atoms with van der Waals surface area (Å²) in [5, 5.41) is 6.93. The minimum Gasteiger partial charge on any atom is -0.444 e. The monoisotopic (exact) mass is 560 g/mol. The van der Waals surface area contributed by atoms with Gasteiger partial charge in [-0.1, -0.05) is 13.0 Å². The standard InChI is InChI=1S/C23H40N6O2.HI/c1-17(16-28(7)22(30)31-23(3,4)5)15-25-21(24-6)27-19-11-13-29(14-12-19)20-10-8-9-18(2)26-20;/h8-10,17,19H,11-16H2,1-7H3,(H2,24,25,27);1H. The third-order valence-corrected chi connectivity index (χ3v) is 5.17. The van der Waals surface area contributed by atoms with Gasteiger partial charge < -0.3 is 25.2 Å². The van der Waals surface area contributed by atoms with Gasteiger partial charge in [-0.3, -0.25) is 4.99 Å². The van der Waals surface area contributed by atoms with Crippen LogP contribution >= 0.6 is 24.0 Å². The largest absolute Gasteiger partial charge is 0.444 e. The van der Waals surface area contributed by atoms with Crippen molar-refractivity contribution in [3.63, 3.8) is 0 Å². The first-order valence-electron chi connectivity index (χ1n) is 11.2. The van der Waals surface area contributed by atoms with E-state index in [2.05, 4.69) is 44.6 Å². The number of ether oxygens (including phenoxy) is 1. The Hall–Kier alpha value is -1.78. The number of amides is 1. The van der Waals surface area contributed by atoms with E-state index >= 15 is 0 Å². The molecule has 0 aromatic carbocycles. The van der Waals surface area contributed by atoms with E-state index in [1.54, 1.807) is 19.0 Å². The molecule has 0 spiro atoms. The molecule has 8 nitrogen and oxygen atoms in total. The summed E-state index contributed by atoms with van der Waals surface area (Å²) < 4.78 is 5.42. The van der Waals surface area contributed by atoms with Crippen LogP contribution in [0, 0.1) is 12.8 Å². The lowest BCUT2D eigenvalue weighted by molar-refractivity contribution is 0.0278. The Balaban J connectivity index is 0.00000512. The number of aliphatic imine (C=N–C) groups is 1. The first-order valence-corrected chi connectivity index (χ1v) is 11.2. The van der Waals surface area contributed by atoms with Crippen LogP contribution in [0.2, 0.25) is 0 Å². The number of aromatic nitrogens is 1. The second-order valence-electron chi connectivity index (χ2n) is 9.46. The van der Waals surface area contributed by atoms with Gasteiger partial charge in [0.15, 0.2) is 5.96 Å². The zero-order chi connectivity index (χ0) is 23.0. The van der Waals surface area contributed by atoms with Crippen LogP contribution in [0.15, 0.2) is 23.2 Å². The van der Waals surface area contributed by atoms with Crippen LogP contribution in [0.3, 0.4) is 0 Å². The molecule has 2 N–H and O–H groups in total. The Kier molecular flexibility index (Phi) is 11.5. The zero-order valence-electron chi connectivity index (χ0n) is 20.6. The van der Waals surface area contributed by atoms with E-state index in [1.807, 2.05) is 33.8 Å². The van der Waals surface area contributed by atoms with Gasteiger partial charge in [-0.05, 0) is 58.6 Å². The average Bonchev–Trinajstić information content (AvgIpc) is 2.70. The Morgan fingerprint density at radius 3 is 2.56 bits per heavy atom. The number of aryl methyl sites for hydroxylation is 1. The van der Waals surface area contributed by atoms with Crippen molar-refractivity contribution >= 4 is 41.8 Å². The number of pyridine rings is 1. The summed E-state index contributed by atoms with van der Waals surface area (Å²) in [6.07, 6.45) is 1.78. The molecule has 1 aromatic rings. The highest BCUT2D eigenvalue weighted by atomic mass is 127. The molecule has 32 heavy (non-hydrogen) atoms. The summed E-state index contributed by atoms with van der Waals surface area (Å²) in [6.45, 7) is 13.0. The number of carbonyl (C=O) groups is 1. The topological polar surface area (TPSA) is 82.1 Å². The number of hydrogen-bond donors (Lipinski definition) is 2. The van der Waals surface area contributed by atoms with Gasteiger partial charge in [0.05, 0.1) is 0 Å². The van der Waals surface area contributed by atoms with Gasteiger partial charge in [0, 0.05) is 52.0 Å². The number of carbonyl (C=O) groups excluding carboxylic acids is 1. The molecule has 0 aliphatic carbocycles. The third kappa shape index (κ3) is 9.79. The molecule has 2 heterocycles. The molecular weight excluding hydrogens is 519 g/mol. The third-order valence-electron chi connectivity index (χ3n) is 5.17. The normalized spacial score (nSPS) is 16.1. The molecule has 1 aliphatic heterocycles. The van der Waals surface area contributed by atoms with Gasteiger partial charge in [-0.25, -0.2) is 9.78 Å². The SMILES string of the molecule is CN=C(NCC(C)CN(C)C(=O)OC(C)(C)C)NC1CCN(c2cccc(C)n2)CC1.I. The lowest BCUT2D eigenvalue weighted by Crippen LogP contribution is -2.50. The fourth-order valence-electron chi connectivity index (χ4n) is 3.56. The molecule has 2 rings (SSSR count). The van der Waals surface area contributed by atoms with Gasteiger partial charge in [-0.15, -0.1) is 24.0 Å². The van der Waals surface area contributed by atoms with E-state index in [0.29, 0.717) is 12.6 Å². The minimum absolute atomic E-state index is 0. The second-order valence-corrected chi connectivity index (χ2v) is 9.46.